The van der Waals surface area contributed by atoms with Crippen LogP contribution in [0.1, 0.15) is 5.56 Å². The van der Waals surface area contributed by atoms with Gasteiger partial charge >= 0.3 is 6.18 Å². The van der Waals surface area contributed by atoms with Crippen LogP contribution < -0.4 is 10.2 Å². The van der Waals surface area contributed by atoms with E-state index in [0.717, 1.165) is 57.1 Å². The summed E-state index contributed by atoms with van der Waals surface area (Å²) in [5, 5.41) is 3.26. The van der Waals surface area contributed by atoms with E-state index in [1.165, 1.54) is 0 Å². The number of nitrogens with one attached hydrogen (secondary N) is 1. The van der Waals surface area contributed by atoms with Crippen LogP contribution in [0.25, 0.3) is 0 Å². The van der Waals surface area contributed by atoms with Gasteiger partial charge in [0.1, 0.15) is 0 Å². The molecule has 2 aliphatic rings. The standard InChI is InChI=1S/C14H17BrF3N3/c15-12-7-10(14(16,17)18)1-2-13(12)21-5-3-20(4-6-21)11-8-19-9-11/h1-2,7,11,19H,3-6,8-9H2. The first-order valence-electron chi connectivity index (χ1n) is 7.01. The van der Waals surface area contributed by atoms with E-state index in [-0.39, 0.29) is 0 Å². The van der Waals surface area contributed by atoms with E-state index in [9.17, 15) is 13.2 Å². The molecule has 2 fully saturated rings. The minimum atomic E-state index is -4.29. The summed E-state index contributed by atoms with van der Waals surface area (Å²) in [5.41, 5.74) is 0.228. The van der Waals surface area contributed by atoms with Crippen LogP contribution >= 0.6 is 15.9 Å². The highest BCUT2D eigenvalue weighted by Crippen LogP contribution is 2.35. The Balaban J connectivity index is 1.67. The number of alkyl halides is 3. The molecule has 0 spiro atoms. The maximum absolute atomic E-state index is 12.7. The van der Waals surface area contributed by atoms with Gasteiger partial charge < -0.3 is 10.2 Å². The van der Waals surface area contributed by atoms with Crippen molar-refractivity contribution in [2.45, 2.75) is 12.2 Å². The van der Waals surface area contributed by atoms with Crippen molar-refractivity contribution >= 4 is 21.6 Å². The van der Waals surface area contributed by atoms with Gasteiger partial charge in [0, 0.05) is 49.8 Å². The third-order valence-corrected chi connectivity index (χ3v) is 4.84. The fourth-order valence-electron chi connectivity index (χ4n) is 2.80. The van der Waals surface area contributed by atoms with Crippen molar-refractivity contribution < 1.29 is 13.2 Å². The monoisotopic (exact) mass is 363 g/mol. The molecule has 2 aliphatic heterocycles. The van der Waals surface area contributed by atoms with Crippen molar-refractivity contribution in [3.8, 4) is 0 Å². The van der Waals surface area contributed by atoms with E-state index < -0.39 is 11.7 Å². The topological polar surface area (TPSA) is 18.5 Å². The molecular formula is C14H17BrF3N3. The molecular weight excluding hydrogens is 347 g/mol. The molecule has 7 heteroatoms. The summed E-state index contributed by atoms with van der Waals surface area (Å²) in [6, 6.07) is 4.51. The van der Waals surface area contributed by atoms with E-state index in [0.29, 0.717) is 10.5 Å². The molecule has 0 radical (unpaired) electrons. The Labute approximate surface area is 130 Å². The van der Waals surface area contributed by atoms with Crippen molar-refractivity contribution in [2.75, 3.05) is 44.2 Å². The van der Waals surface area contributed by atoms with Crippen molar-refractivity contribution in [3.63, 3.8) is 0 Å². The van der Waals surface area contributed by atoms with Gasteiger partial charge in [-0.05, 0) is 34.1 Å². The highest BCUT2D eigenvalue weighted by atomic mass is 79.9. The fraction of sp³-hybridized carbons (Fsp3) is 0.571. The number of hydrogen-bond donors (Lipinski definition) is 1. The summed E-state index contributed by atoms with van der Waals surface area (Å²) in [5.74, 6) is 0. The Morgan fingerprint density at radius 2 is 1.76 bits per heavy atom. The zero-order chi connectivity index (χ0) is 15.0. The van der Waals surface area contributed by atoms with Gasteiger partial charge in [-0.3, -0.25) is 4.90 Å². The summed E-state index contributed by atoms with van der Waals surface area (Å²) in [7, 11) is 0. The summed E-state index contributed by atoms with van der Waals surface area (Å²) >= 11 is 3.28. The molecule has 1 aromatic rings. The molecule has 0 saturated carbocycles. The van der Waals surface area contributed by atoms with Crippen LogP contribution in [0.5, 0.6) is 0 Å². The average Bonchev–Trinajstić information content (AvgIpc) is 2.37. The molecule has 0 atom stereocenters. The quantitative estimate of drug-likeness (QED) is 0.871. The Morgan fingerprint density at radius 3 is 2.24 bits per heavy atom. The van der Waals surface area contributed by atoms with Gasteiger partial charge in [0.25, 0.3) is 0 Å². The Bertz CT molecular complexity index is 509. The molecule has 1 N–H and O–H groups in total. The first-order chi connectivity index (χ1) is 9.95. The van der Waals surface area contributed by atoms with Gasteiger partial charge in [0.15, 0.2) is 0 Å². The summed E-state index contributed by atoms with van der Waals surface area (Å²) in [4.78, 5) is 4.60. The van der Waals surface area contributed by atoms with Gasteiger partial charge in [0.05, 0.1) is 11.3 Å². The second kappa shape index (κ2) is 5.78. The van der Waals surface area contributed by atoms with E-state index in [1.807, 2.05) is 0 Å². The largest absolute Gasteiger partial charge is 0.416 e. The van der Waals surface area contributed by atoms with Crippen molar-refractivity contribution in [1.29, 1.82) is 0 Å². The fourth-order valence-corrected chi connectivity index (χ4v) is 3.43. The van der Waals surface area contributed by atoms with E-state index >= 15 is 0 Å². The maximum atomic E-state index is 12.7. The normalized spacial score (nSPS) is 21.4. The third kappa shape index (κ3) is 3.19. The van der Waals surface area contributed by atoms with Gasteiger partial charge in [-0.2, -0.15) is 13.2 Å². The minimum Gasteiger partial charge on any atom is -0.368 e. The molecule has 3 nitrogen and oxygen atoms in total. The number of piperazine rings is 1. The number of benzene rings is 1. The Kier molecular flexibility index (Phi) is 4.16. The van der Waals surface area contributed by atoms with E-state index in [2.05, 4.69) is 31.0 Å². The number of hydrogen-bond acceptors (Lipinski definition) is 3. The van der Waals surface area contributed by atoms with Gasteiger partial charge in [0.2, 0.25) is 0 Å². The lowest BCUT2D eigenvalue weighted by atomic mass is 10.1. The minimum absolute atomic E-state index is 0.510. The zero-order valence-corrected chi connectivity index (χ0v) is 13.0. The smallest absolute Gasteiger partial charge is 0.368 e. The first kappa shape index (κ1) is 15.1. The van der Waals surface area contributed by atoms with Gasteiger partial charge in [-0.25, -0.2) is 0 Å². The average molecular weight is 364 g/mol. The highest BCUT2D eigenvalue weighted by Gasteiger charge is 2.32. The van der Waals surface area contributed by atoms with Gasteiger partial charge in [-0.15, -0.1) is 0 Å². The second-order valence-corrected chi connectivity index (χ2v) is 6.35. The summed E-state index contributed by atoms with van der Waals surface area (Å²) in [6.45, 7) is 5.70. The lowest BCUT2D eigenvalue weighted by Crippen LogP contribution is -2.61. The molecule has 0 unspecified atom stereocenters. The summed E-state index contributed by atoms with van der Waals surface area (Å²) < 4.78 is 38.6. The number of rotatable bonds is 2. The van der Waals surface area contributed by atoms with Crippen LogP contribution in [-0.4, -0.2) is 50.2 Å². The number of halogens is 4. The molecule has 116 valence electrons. The zero-order valence-electron chi connectivity index (χ0n) is 11.5. The Morgan fingerprint density at radius 1 is 1.10 bits per heavy atom. The summed E-state index contributed by atoms with van der Waals surface area (Å²) in [6.07, 6.45) is -4.29. The SMILES string of the molecule is FC(F)(F)c1ccc(N2CCN(C3CNC3)CC2)c(Br)c1. The van der Waals surface area contributed by atoms with Crippen molar-refractivity contribution in [1.82, 2.24) is 10.2 Å². The second-order valence-electron chi connectivity index (χ2n) is 5.50. The third-order valence-electron chi connectivity index (χ3n) is 4.21. The number of anilines is 1. The van der Waals surface area contributed by atoms with Crippen LogP contribution in [0.2, 0.25) is 0 Å². The molecule has 3 rings (SSSR count). The molecule has 2 heterocycles. The van der Waals surface area contributed by atoms with E-state index in [4.69, 9.17) is 0 Å². The predicted octanol–water partition coefficient (Wildman–Crippen LogP) is 2.56. The Hall–Kier alpha value is -0.790. The van der Waals surface area contributed by atoms with Crippen LogP contribution in [0.15, 0.2) is 22.7 Å². The maximum Gasteiger partial charge on any atom is 0.416 e. The van der Waals surface area contributed by atoms with Crippen LogP contribution in [0, 0.1) is 0 Å². The highest BCUT2D eigenvalue weighted by molar-refractivity contribution is 9.10. The van der Waals surface area contributed by atoms with E-state index in [1.54, 1.807) is 6.07 Å². The predicted molar refractivity (Wildman–Crippen MR) is 79.6 cm³/mol. The molecule has 0 bridgehead atoms. The van der Waals surface area contributed by atoms with Gasteiger partial charge in [-0.1, -0.05) is 0 Å². The van der Waals surface area contributed by atoms with Crippen LogP contribution in [0.3, 0.4) is 0 Å². The molecule has 0 aromatic heterocycles. The lowest BCUT2D eigenvalue weighted by Gasteiger charge is -2.44. The first-order valence-corrected chi connectivity index (χ1v) is 7.81. The van der Waals surface area contributed by atoms with Crippen molar-refractivity contribution in [3.05, 3.63) is 28.2 Å². The molecule has 2 saturated heterocycles. The molecule has 0 amide bonds. The molecule has 1 aromatic carbocycles. The molecule has 0 aliphatic carbocycles. The van der Waals surface area contributed by atoms with Crippen molar-refractivity contribution in [2.24, 2.45) is 0 Å². The van der Waals surface area contributed by atoms with Crippen LogP contribution in [-0.2, 0) is 6.18 Å². The molecule has 21 heavy (non-hydrogen) atoms. The van der Waals surface area contributed by atoms with Crippen LogP contribution in [0.4, 0.5) is 18.9 Å². The lowest BCUT2D eigenvalue weighted by molar-refractivity contribution is -0.137. The number of nitrogens with zero attached hydrogens (tertiary/aromatic N) is 2.